The highest BCUT2D eigenvalue weighted by molar-refractivity contribution is 7.92. The minimum Gasteiger partial charge on any atom is -0.354 e. The number of anilines is 1. The van der Waals surface area contributed by atoms with Gasteiger partial charge in [-0.2, -0.15) is 10.2 Å². The van der Waals surface area contributed by atoms with Crippen molar-refractivity contribution in [1.82, 2.24) is 24.9 Å². The van der Waals surface area contributed by atoms with Crippen LogP contribution in [0.3, 0.4) is 0 Å². The third-order valence-electron chi connectivity index (χ3n) is 2.51. The first-order chi connectivity index (χ1) is 9.33. The molecule has 0 radical (unpaired) electrons. The summed E-state index contributed by atoms with van der Waals surface area (Å²) >= 11 is 0. The zero-order valence-corrected chi connectivity index (χ0v) is 12.0. The molecule has 2 heterocycles. The summed E-state index contributed by atoms with van der Waals surface area (Å²) in [5.41, 5.74) is 0.109. The molecule has 2 aromatic rings. The SMILES string of the molecule is CNC(=O)c1nn(C)cc1NS(=O)(=O)c1cnn(C)c1. The molecule has 108 valence electrons. The molecule has 1 amide bonds. The van der Waals surface area contributed by atoms with Crippen LogP contribution >= 0.6 is 0 Å². The molecule has 2 N–H and O–H groups in total. The normalized spacial score (nSPS) is 11.3. The maximum absolute atomic E-state index is 12.2. The fraction of sp³-hybridized carbons (Fsp3) is 0.300. The molecular formula is C10H14N6O3S. The summed E-state index contributed by atoms with van der Waals surface area (Å²) in [5.74, 6) is -0.477. The number of rotatable bonds is 4. The van der Waals surface area contributed by atoms with Gasteiger partial charge in [-0.15, -0.1) is 0 Å². The Morgan fingerprint density at radius 2 is 1.95 bits per heavy atom. The lowest BCUT2D eigenvalue weighted by Crippen LogP contribution is -2.21. The molecule has 20 heavy (non-hydrogen) atoms. The summed E-state index contributed by atoms with van der Waals surface area (Å²) in [5, 5.41) is 10.1. The Balaban J connectivity index is 2.37. The van der Waals surface area contributed by atoms with Gasteiger partial charge in [-0.1, -0.05) is 0 Å². The van der Waals surface area contributed by atoms with Crippen LogP contribution in [-0.4, -0.2) is 40.9 Å². The van der Waals surface area contributed by atoms with Gasteiger partial charge in [0.05, 0.1) is 11.9 Å². The molecule has 0 aliphatic heterocycles. The van der Waals surface area contributed by atoms with Gasteiger partial charge >= 0.3 is 0 Å². The van der Waals surface area contributed by atoms with Crippen molar-refractivity contribution in [2.75, 3.05) is 11.8 Å². The third kappa shape index (κ3) is 2.64. The number of hydrogen-bond donors (Lipinski definition) is 2. The first-order valence-corrected chi connectivity index (χ1v) is 7.09. The topological polar surface area (TPSA) is 111 Å². The summed E-state index contributed by atoms with van der Waals surface area (Å²) in [4.78, 5) is 11.6. The Morgan fingerprint density at radius 3 is 2.50 bits per heavy atom. The maximum Gasteiger partial charge on any atom is 0.273 e. The minimum absolute atomic E-state index is 0.00228. The second kappa shape index (κ2) is 4.96. The van der Waals surface area contributed by atoms with Crippen LogP contribution in [0, 0.1) is 0 Å². The molecule has 0 bridgehead atoms. The molecule has 9 nitrogen and oxygen atoms in total. The van der Waals surface area contributed by atoms with Crippen molar-refractivity contribution in [3.8, 4) is 0 Å². The predicted molar refractivity (Wildman–Crippen MR) is 70.6 cm³/mol. The van der Waals surface area contributed by atoms with E-state index in [4.69, 9.17) is 0 Å². The van der Waals surface area contributed by atoms with E-state index in [-0.39, 0.29) is 16.3 Å². The number of hydrogen-bond acceptors (Lipinski definition) is 5. The van der Waals surface area contributed by atoms with Gasteiger partial charge in [0.1, 0.15) is 4.90 Å². The van der Waals surface area contributed by atoms with E-state index in [1.807, 2.05) is 0 Å². The van der Waals surface area contributed by atoms with Gasteiger partial charge in [-0.05, 0) is 0 Å². The number of nitrogens with zero attached hydrogens (tertiary/aromatic N) is 4. The molecule has 0 atom stereocenters. The van der Waals surface area contributed by atoms with Gasteiger partial charge in [0.25, 0.3) is 15.9 Å². The highest BCUT2D eigenvalue weighted by atomic mass is 32.2. The average molecular weight is 298 g/mol. The molecule has 0 fully saturated rings. The second-order valence-corrected chi connectivity index (χ2v) is 5.78. The Bertz CT molecular complexity index is 745. The number of amides is 1. The van der Waals surface area contributed by atoms with Crippen molar-refractivity contribution in [3.05, 3.63) is 24.3 Å². The lowest BCUT2D eigenvalue weighted by atomic mass is 10.3. The van der Waals surface area contributed by atoms with E-state index in [1.165, 1.54) is 35.0 Å². The summed E-state index contributed by atoms with van der Waals surface area (Å²) in [6.07, 6.45) is 4.00. The maximum atomic E-state index is 12.2. The largest absolute Gasteiger partial charge is 0.354 e. The zero-order chi connectivity index (χ0) is 14.9. The van der Waals surface area contributed by atoms with Crippen LogP contribution in [0.5, 0.6) is 0 Å². The van der Waals surface area contributed by atoms with Crippen molar-refractivity contribution in [1.29, 1.82) is 0 Å². The summed E-state index contributed by atoms with van der Waals surface area (Å²) in [6, 6.07) is 0. The van der Waals surface area contributed by atoms with Crippen LogP contribution in [0.1, 0.15) is 10.5 Å². The first-order valence-electron chi connectivity index (χ1n) is 5.60. The van der Waals surface area contributed by atoms with Crippen LogP contribution < -0.4 is 10.0 Å². The summed E-state index contributed by atoms with van der Waals surface area (Å²) < 4.78 is 29.4. The Morgan fingerprint density at radius 1 is 1.25 bits per heavy atom. The molecule has 2 rings (SSSR count). The van der Waals surface area contributed by atoms with Crippen LogP contribution in [0.4, 0.5) is 5.69 Å². The number of carbonyl (C=O) groups is 1. The van der Waals surface area contributed by atoms with Crippen LogP contribution in [0.2, 0.25) is 0 Å². The predicted octanol–water partition coefficient (Wildman–Crippen LogP) is -0.686. The molecule has 10 heteroatoms. The molecule has 0 unspecified atom stereocenters. The number of carbonyl (C=O) groups excluding carboxylic acids is 1. The standard InChI is InChI=1S/C10H14N6O3S/c1-11-10(17)9-8(6-16(3)13-9)14-20(18,19)7-4-12-15(2)5-7/h4-6,14H,1-3H3,(H,11,17). The van der Waals surface area contributed by atoms with E-state index >= 15 is 0 Å². The number of aromatic nitrogens is 4. The van der Waals surface area contributed by atoms with Crippen LogP contribution in [0.15, 0.2) is 23.5 Å². The van der Waals surface area contributed by atoms with Crippen LogP contribution in [0.25, 0.3) is 0 Å². The number of nitrogens with one attached hydrogen (secondary N) is 2. The summed E-state index contributed by atoms with van der Waals surface area (Å²) in [6.45, 7) is 0. The van der Waals surface area contributed by atoms with Gasteiger partial charge in [0.2, 0.25) is 0 Å². The van der Waals surface area contributed by atoms with Crippen molar-refractivity contribution < 1.29 is 13.2 Å². The van der Waals surface area contributed by atoms with Crippen molar-refractivity contribution in [2.24, 2.45) is 14.1 Å². The van der Waals surface area contributed by atoms with Gasteiger partial charge in [-0.3, -0.25) is 18.9 Å². The smallest absolute Gasteiger partial charge is 0.273 e. The number of sulfonamides is 1. The number of aryl methyl sites for hydroxylation is 2. The molecule has 0 spiro atoms. The van der Waals surface area contributed by atoms with E-state index in [0.29, 0.717) is 0 Å². The monoisotopic (exact) mass is 298 g/mol. The average Bonchev–Trinajstić information content (AvgIpc) is 2.95. The Hall–Kier alpha value is -2.36. The molecule has 0 saturated carbocycles. The van der Waals surface area contributed by atoms with E-state index < -0.39 is 15.9 Å². The summed E-state index contributed by atoms with van der Waals surface area (Å²) in [7, 11) is 0.833. The van der Waals surface area contributed by atoms with Gasteiger partial charge in [0, 0.05) is 33.5 Å². The fourth-order valence-corrected chi connectivity index (χ4v) is 2.62. The Kier molecular flexibility index (Phi) is 3.49. The second-order valence-electron chi connectivity index (χ2n) is 4.10. The van der Waals surface area contributed by atoms with E-state index in [9.17, 15) is 13.2 Å². The third-order valence-corrected chi connectivity index (χ3v) is 3.83. The van der Waals surface area contributed by atoms with Crippen molar-refractivity contribution in [3.63, 3.8) is 0 Å². The molecule has 0 aliphatic carbocycles. The van der Waals surface area contributed by atoms with Gasteiger partial charge < -0.3 is 5.32 Å². The highest BCUT2D eigenvalue weighted by Crippen LogP contribution is 2.18. The van der Waals surface area contributed by atoms with E-state index in [1.54, 1.807) is 14.1 Å². The molecule has 0 aliphatic rings. The minimum atomic E-state index is -3.81. The molecular weight excluding hydrogens is 284 g/mol. The van der Waals surface area contributed by atoms with Crippen molar-refractivity contribution >= 4 is 21.6 Å². The van der Waals surface area contributed by atoms with E-state index in [2.05, 4.69) is 20.2 Å². The molecule has 0 aromatic carbocycles. The Labute approximate surface area is 115 Å². The highest BCUT2D eigenvalue weighted by Gasteiger charge is 2.22. The van der Waals surface area contributed by atoms with Crippen LogP contribution in [-0.2, 0) is 24.1 Å². The lowest BCUT2D eigenvalue weighted by Gasteiger charge is -2.05. The first kappa shape index (κ1) is 14.1. The zero-order valence-electron chi connectivity index (χ0n) is 11.2. The van der Waals surface area contributed by atoms with Gasteiger partial charge in [0.15, 0.2) is 5.69 Å². The van der Waals surface area contributed by atoms with Gasteiger partial charge in [-0.25, -0.2) is 8.42 Å². The quantitative estimate of drug-likeness (QED) is 0.776. The molecule has 0 saturated heterocycles. The fourth-order valence-electron chi connectivity index (χ4n) is 1.59. The van der Waals surface area contributed by atoms with Crippen molar-refractivity contribution in [2.45, 2.75) is 4.90 Å². The van der Waals surface area contributed by atoms with E-state index in [0.717, 1.165) is 0 Å². The lowest BCUT2D eigenvalue weighted by molar-refractivity contribution is 0.0958. The molecule has 2 aromatic heterocycles.